The van der Waals surface area contributed by atoms with Crippen LogP contribution < -0.4 is 0 Å². The number of ether oxygens (including phenoxy) is 1. The summed E-state index contributed by atoms with van der Waals surface area (Å²) in [4.78, 5) is 11.5. The van der Waals surface area contributed by atoms with Crippen LogP contribution in [0.4, 0.5) is 0 Å². The standard InChI is InChI=1S/C20H28O3/c1-3-4-5-6-7-8-9-10-11-18-15-17-14-16(20(21)22-2)12-13-19(17)23-18/h12-15H,3-11H2,1-2H3. The predicted molar refractivity (Wildman–Crippen MR) is 93.9 cm³/mol. The Morgan fingerprint density at radius 1 is 1.00 bits per heavy atom. The maximum absolute atomic E-state index is 11.5. The summed E-state index contributed by atoms with van der Waals surface area (Å²) in [7, 11) is 1.40. The molecule has 0 aliphatic carbocycles. The highest BCUT2D eigenvalue weighted by molar-refractivity contribution is 5.94. The fourth-order valence-corrected chi connectivity index (χ4v) is 2.90. The van der Waals surface area contributed by atoms with Crippen LogP contribution >= 0.6 is 0 Å². The SMILES string of the molecule is CCCCCCCCCCc1cc2cc(C(=O)OC)ccc2o1. The number of hydrogen-bond donors (Lipinski definition) is 0. The zero-order chi connectivity index (χ0) is 16.5. The van der Waals surface area contributed by atoms with Crippen molar-refractivity contribution >= 4 is 16.9 Å². The van der Waals surface area contributed by atoms with Gasteiger partial charge in [-0.15, -0.1) is 0 Å². The van der Waals surface area contributed by atoms with E-state index in [2.05, 4.69) is 6.92 Å². The quantitative estimate of drug-likeness (QED) is 0.404. The zero-order valence-corrected chi connectivity index (χ0v) is 14.4. The Morgan fingerprint density at radius 2 is 1.70 bits per heavy atom. The average molecular weight is 316 g/mol. The molecule has 1 aromatic heterocycles. The third kappa shape index (κ3) is 5.42. The lowest BCUT2D eigenvalue weighted by molar-refractivity contribution is 0.0601. The van der Waals surface area contributed by atoms with Gasteiger partial charge in [-0.3, -0.25) is 0 Å². The molecule has 0 aliphatic heterocycles. The minimum absolute atomic E-state index is 0.308. The molecule has 1 aromatic carbocycles. The molecule has 0 amide bonds. The highest BCUT2D eigenvalue weighted by atomic mass is 16.5. The van der Waals surface area contributed by atoms with Crippen molar-refractivity contribution in [3.8, 4) is 0 Å². The summed E-state index contributed by atoms with van der Waals surface area (Å²) in [5.74, 6) is 0.700. The number of esters is 1. The monoisotopic (exact) mass is 316 g/mol. The number of hydrogen-bond acceptors (Lipinski definition) is 3. The number of fused-ring (bicyclic) bond motifs is 1. The normalized spacial score (nSPS) is 11.0. The number of methoxy groups -OCH3 is 1. The Kier molecular flexibility index (Phi) is 7.18. The number of carbonyl (C=O) groups excluding carboxylic acids is 1. The predicted octanol–water partition coefficient (Wildman–Crippen LogP) is 5.90. The van der Waals surface area contributed by atoms with Gasteiger partial charge in [-0.1, -0.05) is 51.9 Å². The van der Waals surface area contributed by atoms with Gasteiger partial charge < -0.3 is 9.15 Å². The summed E-state index contributed by atoms with van der Waals surface area (Å²) in [5, 5.41) is 0.975. The van der Waals surface area contributed by atoms with Gasteiger partial charge in [0, 0.05) is 11.8 Å². The highest BCUT2D eigenvalue weighted by Gasteiger charge is 2.09. The third-order valence-corrected chi connectivity index (χ3v) is 4.27. The van der Waals surface area contributed by atoms with Crippen LogP contribution in [0.1, 0.15) is 74.4 Å². The molecule has 0 atom stereocenters. The fourth-order valence-electron chi connectivity index (χ4n) is 2.90. The van der Waals surface area contributed by atoms with E-state index >= 15 is 0 Å². The van der Waals surface area contributed by atoms with Gasteiger partial charge in [0.05, 0.1) is 12.7 Å². The molecule has 0 saturated heterocycles. The number of unbranched alkanes of at least 4 members (excludes halogenated alkanes) is 7. The van der Waals surface area contributed by atoms with Gasteiger partial charge in [0.15, 0.2) is 0 Å². The van der Waals surface area contributed by atoms with Crippen molar-refractivity contribution in [2.24, 2.45) is 0 Å². The van der Waals surface area contributed by atoms with Crippen LogP contribution in [0, 0.1) is 0 Å². The molecule has 0 fully saturated rings. The summed E-state index contributed by atoms with van der Waals surface area (Å²) < 4.78 is 10.6. The van der Waals surface area contributed by atoms with Crippen molar-refractivity contribution in [3.05, 3.63) is 35.6 Å². The first-order valence-electron chi connectivity index (χ1n) is 8.85. The van der Waals surface area contributed by atoms with Gasteiger partial charge in [0.2, 0.25) is 0 Å². The first-order valence-corrected chi connectivity index (χ1v) is 8.85. The lowest BCUT2D eigenvalue weighted by atomic mass is 10.1. The molecule has 1 heterocycles. The van der Waals surface area contributed by atoms with Gasteiger partial charge in [0.1, 0.15) is 11.3 Å². The van der Waals surface area contributed by atoms with Crippen LogP contribution in [0.2, 0.25) is 0 Å². The smallest absolute Gasteiger partial charge is 0.337 e. The van der Waals surface area contributed by atoms with Crippen molar-refractivity contribution in [2.45, 2.75) is 64.7 Å². The Morgan fingerprint density at radius 3 is 2.39 bits per heavy atom. The molecule has 3 heteroatoms. The van der Waals surface area contributed by atoms with E-state index in [1.807, 2.05) is 18.2 Å². The topological polar surface area (TPSA) is 39.4 Å². The van der Waals surface area contributed by atoms with Gasteiger partial charge in [-0.2, -0.15) is 0 Å². The summed E-state index contributed by atoms with van der Waals surface area (Å²) in [6.45, 7) is 2.25. The molecule has 0 spiro atoms. The second-order valence-corrected chi connectivity index (χ2v) is 6.18. The van der Waals surface area contributed by atoms with Crippen molar-refractivity contribution in [2.75, 3.05) is 7.11 Å². The largest absolute Gasteiger partial charge is 0.465 e. The Bertz CT molecular complexity index is 612. The van der Waals surface area contributed by atoms with Crippen LogP contribution in [0.5, 0.6) is 0 Å². The van der Waals surface area contributed by atoms with Crippen LogP contribution in [0.15, 0.2) is 28.7 Å². The summed E-state index contributed by atoms with van der Waals surface area (Å²) >= 11 is 0. The second kappa shape index (κ2) is 9.39. The van der Waals surface area contributed by atoms with Crippen LogP contribution in [0.25, 0.3) is 11.0 Å². The van der Waals surface area contributed by atoms with Crippen molar-refractivity contribution in [3.63, 3.8) is 0 Å². The molecule has 0 aliphatic rings. The number of aryl methyl sites for hydroxylation is 1. The highest BCUT2D eigenvalue weighted by Crippen LogP contribution is 2.22. The molecule has 2 aromatic rings. The molecule has 0 N–H and O–H groups in total. The lowest BCUT2D eigenvalue weighted by Gasteiger charge is -2.00. The summed E-state index contributed by atoms with van der Waals surface area (Å²) in [6, 6.07) is 7.47. The van der Waals surface area contributed by atoms with Crippen molar-refractivity contribution < 1.29 is 13.9 Å². The van der Waals surface area contributed by atoms with E-state index in [0.29, 0.717) is 5.56 Å². The number of furan rings is 1. The van der Waals surface area contributed by atoms with E-state index in [1.165, 1.54) is 52.1 Å². The lowest BCUT2D eigenvalue weighted by Crippen LogP contribution is -1.99. The number of carbonyl (C=O) groups is 1. The maximum atomic E-state index is 11.5. The Hall–Kier alpha value is -1.77. The van der Waals surface area contributed by atoms with Crippen LogP contribution in [-0.4, -0.2) is 13.1 Å². The Labute approximate surface area is 139 Å². The molecule has 3 nitrogen and oxygen atoms in total. The van der Waals surface area contributed by atoms with Gasteiger partial charge >= 0.3 is 5.97 Å². The second-order valence-electron chi connectivity index (χ2n) is 6.18. The van der Waals surface area contributed by atoms with E-state index in [9.17, 15) is 4.79 Å². The minimum atomic E-state index is -0.308. The Balaban J connectivity index is 1.76. The van der Waals surface area contributed by atoms with E-state index in [1.54, 1.807) is 6.07 Å². The minimum Gasteiger partial charge on any atom is -0.465 e. The molecule has 2 rings (SSSR count). The fraction of sp³-hybridized carbons (Fsp3) is 0.550. The molecular weight excluding hydrogens is 288 g/mol. The first kappa shape index (κ1) is 17.6. The molecule has 0 saturated carbocycles. The van der Waals surface area contributed by atoms with E-state index < -0.39 is 0 Å². The van der Waals surface area contributed by atoms with Gasteiger partial charge in [0.25, 0.3) is 0 Å². The van der Waals surface area contributed by atoms with Crippen molar-refractivity contribution in [1.29, 1.82) is 0 Å². The molecule has 0 unspecified atom stereocenters. The van der Waals surface area contributed by atoms with E-state index in [-0.39, 0.29) is 5.97 Å². The number of benzene rings is 1. The number of rotatable bonds is 10. The average Bonchev–Trinajstić information content (AvgIpc) is 2.98. The van der Waals surface area contributed by atoms with Gasteiger partial charge in [-0.25, -0.2) is 4.79 Å². The third-order valence-electron chi connectivity index (χ3n) is 4.27. The molecule has 126 valence electrons. The van der Waals surface area contributed by atoms with Gasteiger partial charge in [-0.05, 0) is 30.7 Å². The molecule has 0 bridgehead atoms. The molecule has 23 heavy (non-hydrogen) atoms. The van der Waals surface area contributed by atoms with Crippen LogP contribution in [-0.2, 0) is 11.2 Å². The maximum Gasteiger partial charge on any atom is 0.337 e. The van der Waals surface area contributed by atoms with Crippen molar-refractivity contribution in [1.82, 2.24) is 0 Å². The molecule has 0 radical (unpaired) electrons. The van der Waals surface area contributed by atoms with Crippen LogP contribution in [0.3, 0.4) is 0 Å². The molecular formula is C20H28O3. The first-order chi connectivity index (χ1) is 11.2. The van der Waals surface area contributed by atoms with E-state index in [4.69, 9.17) is 9.15 Å². The zero-order valence-electron chi connectivity index (χ0n) is 14.4. The summed E-state index contributed by atoms with van der Waals surface area (Å²) in [5.41, 5.74) is 1.41. The van der Waals surface area contributed by atoms with E-state index in [0.717, 1.165) is 29.6 Å². The summed E-state index contributed by atoms with van der Waals surface area (Å²) in [6.07, 6.45) is 11.5.